The second-order valence-electron chi connectivity index (χ2n) is 2.68. The Morgan fingerprint density at radius 2 is 2.27 bits per heavy atom. The first-order valence-electron chi connectivity index (χ1n) is 3.64. The molecule has 11 heavy (non-hydrogen) atoms. The summed E-state index contributed by atoms with van der Waals surface area (Å²) >= 11 is 0. The van der Waals surface area contributed by atoms with Crippen LogP contribution < -0.4 is 0 Å². The fraction of sp³-hybridized carbons (Fsp3) is 0.100. The van der Waals surface area contributed by atoms with Crippen molar-refractivity contribution in [3.8, 4) is 0 Å². The van der Waals surface area contributed by atoms with Crippen molar-refractivity contribution < 1.29 is 6.22 Å². The molecule has 2 aliphatic carbocycles. The fourth-order valence-electron chi connectivity index (χ4n) is 1.31. The molecule has 0 amide bonds. The molecule has 0 aromatic carbocycles. The van der Waals surface area contributed by atoms with Gasteiger partial charge in [0.15, 0.2) is 0 Å². The average Bonchev–Trinajstić information content (AvgIpc) is 2.50. The zero-order valence-electron chi connectivity index (χ0n) is 7.03. The van der Waals surface area contributed by atoms with Crippen LogP contribution in [0.4, 0.5) is 0 Å². The molecule has 0 spiro atoms. The van der Waals surface area contributed by atoms with Crippen LogP contribution in [0.5, 0.6) is 0 Å². The van der Waals surface area contributed by atoms with Crippen molar-refractivity contribution in [2.75, 3.05) is 0 Å². The minimum absolute atomic E-state index is 0. The van der Waals surface area contributed by atoms with Crippen LogP contribution >= 0.6 is 0 Å². The molecule has 2 aliphatic rings. The maximum absolute atomic E-state index is 10.4. The smallest absolute Gasteiger partial charge is 0.302 e. The van der Waals surface area contributed by atoms with Crippen molar-refractivity contribution in [3.05, 3.63) is 47.6 Å². The molecule has 0 radical (unpaired) electrons. The molecule has 0 heterocycles. The SMILES string of the molecule is O=CC1C=CC2=CC=CC2=C1.[H+]. The minimum Gasteiger partial charge on any atom is -0.302 e. The molecule has 1 heteroatoms. The molecule has 1 atom stereocenters. The number of carbonyl (C=O) groups is 1. The molecule has 0 bridgehead atoms. The van der Waals surface area contributed by atoms with Gasteiger partial charge in [0, 0.05) is 0 Å². The van der Waals surface area contributed by atoms with Gasteiger partial charge in [0.25, 0.3) is 0 Å². The highest BCUT2D eigenvalue weighted by Crippen LogP contribution is 2.25. The van der Waals surface area contributed by atoms with Gasteiger partial charge in [-0.05, 0) is 11.1 Å². The molecule has 2 rings (SSSR count). The third kappa shape index (κ3) is 0.984. The van der Waals surface area contributed by atoms with Crippen LogP contribution in [-0.2, 0) is 4.79 Å². The predicted octanol–water partition coefficient (Wildman–Crippen LogP) is 1.91. The van der Waals surface area contributed by atoms with E-state index in [9.17, 15) is 4.79 Å². The van der Waals surface area contributed by atoms with E-state index >= 15 is 0 Å². The van der Waals surface area contributed by atoms with E-state index in [-0.39, 0.29) is 7.34 Å². The van der Waals surface area contributed by atoms with Gasteiger partial charge in [-0.25, -0.2) is 0 Å². The largest absolute Gasteiger partial charge is 1.00 e. The summed E-state index contributed by atoms with van der Waals surface area (Å²) in [5.74, 6) is -0.0232. The van der Waals surface area contributed by atoms with Crippen molar-refractivity contribution in [2.45, 2.75) is 0 Å². The molecule has 0 saturated heterocycles. The van der Waals surface area contributed by atoms with E-state index in [0.717, 1.165) is 6.29 Å². The number of carbonyl (C=O) groups excluding carboxylic acids is 1. The third-order valence-electron chi connectivity index (χ3n) is 1.91. The lowest BCUT2D eigenvalue weighted by molar-refractivity contribution is -0.108. The topological polar surface area (TPSA) is 17.1 Å². The molecule has 0 saturated carbocycles. The Balaban J connectivity index is 0.000000720. The summed E-state index contributed by atoms with van der Waals surface area (Å²) in [5.41, 5.74) is 2.38. The van der Waals surface area contributed by atoms with Gasteiger partial charge >= 0.3 is 1.43 Å². The third-order valence-corrected chi connectivity index (χ3v) is 1.91. The monoisotopic (exact) mass is 145 g/mol. The molecular formula is C10H9O+. The molecule has 0 N–H and O–H groups in total. The summed E-state index contributed by atoms with van der Waals surface area (Å²) in [6.07, 6.45) is 12.9. The number of hydrogen-bond acceptors (Lipinski definition) is 1. The number of allylic oxidation sites excluding steroid dienone is 8. The Hall–Kier alpha value is -1.37. The van der Waals surface area contributed by atoms with Gasteiger partial charge in [-0.2, -0.15) is 0 Å². The first kappa shape index (κ1) is 6.35. The van der Waals surface area contributed by atoms with Gasteiger partial charge in [-0.15, -0.1) is 0 Å². The summed E-state index contributed by atoms with van der Waals surface area (Å²) in [4.78, 5) is 10.4. The Morgan fingerprint density at radius 1 is 1.36 bits per heavy atom. The molecule has 0 aromatic rings. The second kappa shape index (κ2) is 2.35. The van der Waals surface area contributed by atoms with Gasteiger partial charge in [0.1, 0.15) is 6.29 Å². The van der Waals surface area contributed by atoms with Crippen LogP contribution in [0.25, 0.3) is 0 Å². The van der Waals surface area contributed by atoms with Gasteiger partial charge in [-0.3, -0.25) is 0 Å². The van der Waals surface area contributed by atoms with Gasteiger partial charge in [-0.1, -0.05) is 36.5 Å². The summed E-state index contributed by atoms with van der Waals surface area (Å²) in [6.45, 7) is 0. The predicted molar refractivity (Wildman–Crippen MR) is 45.1 cm³/mol. The van der Waals surface area contributed by atoms with E-state index in [1.54, 1.807) is 0 Å². The molecule has 54 valence electrons. The highest BCUT2D eigenvalue weighted by Gasteiger charge is 2.11. The normalized spacial score (nSPS) is 26.0. The number of hydrogen-bond donors (Lipinski definition) is 0. The van der Waals surface area contributed by atoms with E-state index < -0.39 is 0 Å². The maximum atomic E-state index is 10.4. The quantitative estimate of drug-likeness (QED) is 0.515. The fourth-order valence-corrected chi connectivity index (χ4v) is 1.31. The first-order valence-corrected chi connectivity index (χ1v) is 3.64. The molecule has 0 aromatic heterocycles. The molecule has 0 aliphatic heterocycles. The van der Waals surface area contributed by atoms with Crippen molar-refractivity contribution in [2.24, 2.45) is 5.92 Å². The Morgan fingerprint density at radius 3 is 3.09 bits per heavy atom. The highest BCUT2D eigenvalue weighted by atomic mass is 16.1. The lowest BCUT2D eigenvalue weighted by atomic mass is 9.96. The summed E-state index contributed by atoms with van der Waals surface area (Å²) in [6, 6.07) is 0. The molecule has 0 fully saturated rings. The zero-order valence-corrected chi connectivity index (χ0v) is 6.03. The van der Waals surface area contributed by atoms with Crippen molar-refractivity contribution in [1.29, 1.82) is 0 Å². The van der Waals surface area contributed by atoms with Crippen molar-refractivity contribution >= 4 is 6.29 Å². The second-order valence-corrected chi connectivity index (χ2v) is 2.68. The number of aldehydes is 1. The molecule has 1 nitrogen and oxygen atoms in total. The Kier molecular flexibility index (Phi) is 1.35. The number of rotatable bonds is 1. The average molecular weight is 145 g/mol. The van der Waals surface area contributed by atoms with Crippen LogP contribution in [0.1, 0.15) is 1.43 Å². The Labute approximate surface area is 66.9 Å². The van der Waals surface area contributed by atoms with E-state index in [0.29, 0.717) is 0 Å². The van der Waals surface area contributed by atoms with Crippen molar-refractivity contribution in [3.63, 3.8) is 0 Å². The Bertz CT molecular complexity index is 308. The maximum Gasteiger partial charge on any atom is 1.00 e. The van der Waals surface area contributed by atoms with Crippen LogP contribution in [0.3, 0.4) is 0 Å². The van der Waals surface area contributed by atoms with Crippen LogP contribution in [0, 0.1) is 5.92 Å². The summed E-state index contributed by atoms with van der Waals surface area (Å²) in [5, 5.41) is 0. The lowest BCUT2D eigenvalue weighted by Crippen LogP contribution is -1.99. The molecule has 1 unspecified atom stereocenters. The van der Waals surface area contributed by atoms with Crippen LogP contribution in [-0.4, -0.2) is 6.29 Å². The lowest BCUT2D eigenvalue weighted by Gasteiger charge is -2.08. The summed E-state index contributed by atoms with van der Waals surface area (Å²) < 4.78 is 0. The van der Waals surface area contributed by atoms with E-state index in [4.69, 9.17) is 0 Å². The van der Waals surface area contributed by atoms with Gasteiger partial charge < -0.3 is 4.79 Å². The van der Waals surface area contributed by atoms with E-state index in [1.807, 2.05) is 36.5 Å². The van der Waals surface area contributed by atoms with Gasteiger partial charge in [0.05, 0.1) is 5.92 Å². The minimum atomic E-state index is -0.0232. The zero-order chi connectivity index (χ0) is 7.68. The standard InChI is InChI=1S/C10H8O/c11-7-8-4-5-9-2-1-3-10(9)6-8/h1-8H/p+1. The first-order chi connectivity index (χ1) is 5.40. The van der Waals surface area contributed by atoms with Crippen LogP contribution in [0.15, 0.2) is 47.6 Å². The highest BCUT2D eigenvalue weighted by molar-refractivity contribution is 5.67. The molecular weight excluding hydrogens is 136 g/mol. The van der Waals surface area contributed by atoms with Crippen LogP contribution in [0.2, 0.25) is 0 Å². The van der Waals surface area contributed by atoms with E-state index in [2.05, 4.69) is 0 Å². The number of fused-ring (bicyclic) bond motifs is 1. The van der Waals surface area contributed by atoms with Gasteiger partial charge in [0.2, 0.25) is 0 Å². The summed E-state index contributed by atoms with van der Waals surface area (Å²) in [7, 11) is 0. The van der Waals surface area contributed by atoms with Crippen molar-refractivity contribution in [1.82, 2.24) is 0 Å². The van der Waals surface area contributed by atoms with E-state index in [1.165, 1.54) is 11.1 Å².